The normalized spacial score (nSPS) is 10.1. The van der Waals surface area contributed by atoms with Crippen LogP contribution in [0.1, 0.15) is 33.3 Å². The van der Waals surface area contributed by atoms with Crippen molar-refractivity contribution < 1.29 is 4.21 Å². The van der Waals surface area contributed by atoms with Crippen molar-refractivity contribution in [1.29, 1.82) is 0 Å². The van der Waals surface area contributed by atoms with Crippen molar-refractivity contribution in [2.75, 3.05) is 6.26 Å². The second-order valence-electron chi connectivity index (χ2n) is 2.27. The molecule has 1 unspecified atom stereocenters. The highest BCUT2D eigenvalue weighted by molar-refractivity contribution is 7.84. The molecule has 14 heavy (non-hydrogen) atoms. The molecule has 82 valence electrons. The lowest BCUT2D eigenvalue weighted by Gasteiger charge is -1.95. The van der Waals surface area contributed by atoms with E-state index in [1.165, 1.54) is 0 Å². The zero-order valence-corrected chi connectivity index (χ0v) is 10.9. The summed E-state index contributed by atoms with van der Waals surface area (Å²) < 4.78 is 10.9. The van der Waals surface area contributed by atoms with E-state index in [-0.39, 0.29) is 0 Å². The van der Waals surface area contributed by atoms with Crippen LogP contribution < -0.4 is 0 Å². The molecule has 0 aromatic heterocycles. The van der Waals surface area contributed by atoms with Crippen molar-refractivity contribution in [3.8, 4) is 0 Å². The van der Waals surface area contributed by atoms with Gasteiger partial charge < -0.3 is 0 Å². The van der Waals surface area contributed by atoms with Gasteiger partial charge in [-0.3, -0.25) is 4.21 Å². The lowest BCUT2D eigenvalue weighted by Crippen LogP contribution is -1.86. The quantitative estimate of drug-likeness (QED) is 0.695. The molecule has 0 aliphatic rings. The maximum atomic E-state index is 10.9. The van der Waals surface area contributed by atoms with Crippen molar-refractivity contribution in [2.45, 2.75) is 39.5 Å². The molecule has 1 aromatic rings. The summed E-state index contributed by atoms with van der Waals surface area (Å²) in [4.78, 5) is 0.903. The van der Waals surface area contributed by atoms with Crippen LogP contribution in [-0.2, 0) is 10.8 Å². The molecule has 1 rings (SSSR count). The predicted octanol–water partition coefficient (Wildman–Crippen LogP) is 3.78. The minimum Gasteiger partial charge on any atom is -0.255 e. The molecular formula is C12H22OS. The molecule has 1 aromatic carbocycles. The summed E-state index contributed by atoms with van der Waals surface area (Å²) >= 11 is 0. The summed E-state index contributed by atoms with van der Waals surface area (Å²) in [7, 11) is -0.839. The van der Waals surface area contributed by atoms with Crippen molar-refractivity contribution in [2.24, 2.45) is 0 Å². The minimum absolute atomic E-state index is 0.839. The van der Waals surface area contributed by atoms with Crippen LogP contribution in [0.15, 0.2) is 29.2 Å². The van der Waals surface area contributed by atoms with E-state index < -0.39 is 10.8 Å². The van der Waals surface area contributed by atoms with Crippen molar-refractivity contribution >= 4 is 10.8 Å². The van der Waals surface area contributed by atoms with Crippen LogP contribution >= 0.6 is 0 Å². The first-order valence-corrected chi connectivity index (χ1v) is 6.66. The molecule has 0 aliphatic heterocycles. The lowest BCUT2D eigenvalue weighted by atomic mass is 10.2. The number of benzene rings is 1. The molecule has 0 bridgehead atoms. The Morgan fingerprint density at radius 3 is 1.86 bits per heavy atom. The van der Waals surface area contributed by atoms with Gasteiger partial charge in [0.2, 0.25) is 0 Å². The van der Waals surface area contributed by atoms with E-state index in [1.807, 2.05) is 58.9 Å². The third-order valence-electron chi connectivity index (χ3n) is 1.32. The lowest BCUT2D eigenvalue weighted by molar-refractivity contribution is 0.686. The standard InChI is InChI=1S/C8H10OS.2C2H6/c1-7-4-3-5-8(6-7)10(2)9;2*1-2/h3-6H,1-2H3;2*1-2H3. The van der Waals surface area contributed by atoms with E-state index in [0.29, 0.717) is 0 Å². The molecule has 0 saturated heterocycles. The minimum atomic E-state index is -0.839. The number of hydrogen-bond acceptors (Lipinski definition) is 1. The van der Waals surface area contributed by atoms with E-state index in [4.69, 9.17) is 0 Å². The summed E-state index contributed by atoms with van der Waals surface area (Å²) in [6.07, 6.45) is 1.69. The highest BCUT2D eigenvalue weighted by Gasteiger charge is 1.94. The van der Waals surface area contributed by atoms with Gasteiger partial charge in [0.15, 0.2) is 0 Å². The van der Waals surface area contributed by atoms with Gasteiger partial charge in [0, 0.05) is 22.0 Å². The molecule has 0 amide bonds. The molecule has 0 saturated carbocycles. The fraction of sp³-hybridized carbons (Fsp3) is 0.500. The topological polar surface area (TPSA) is 17.1 Å². The Bertz CT molecular complexity index is 256. The van der Waals surface area contributed by atoms with E-state index in [1.54, 1.807) is 6.26 Å². The zero-order chi connectivity index (χ0) is 11.6. The molecule has 2 heteroatoms. The van der Waals surface area contributed by atoms with E-state index >= 15 is 0 Å². The number of rotatable bonds is 1. The van der Waals surface area contributed by atoms with Gasteiger partial charge in [-0.25, -0.2) is 0 Å². The molecular weight excluding hydrogens is 192 g/mol. The van der Waals surface area contributed by atoms with Gasteiger partial charge in [-0.05, 0) is 24.6 Å². The van der Waals surface area contributed by atoms with E-state index in [2.05, 4.69) is 0 Å². The Labute approximate surface area is 91.0 Å². The first-order chi connectivity index (χ1) is 6.70. The summed E-state index contributed by atoms with van der Waals surface area (Å²) in [5.41, 5.74) is 1.16. The largest absolute Gasteiger partial charge is 0.255 e. The Morgan fingerprint density at radius 2 is 1.57 bits per heavy atom. The molecule has 1 nitrogen and oxygen atoms in total. The number of hydrogen-bond donors (Lipinski definition) is 0. The van der Waals surface area contributed by atoms with Crippen LogP contribution in [0.5, 0.6) is 0 Å². The Hall–Kier alpha value is -0.630. The molecule has 0 spiro atoms. The summed E-state index contributed by atoms with van der Waals surface area (Å²) in [5, 5.41) is 0. The van der Waals surface area contributed by atoms with Crippen LogP contribution in [0.2, 0.25) is 0 Å². The Balaban J connectivity index is 0. The highest BCUT2D eigenvalue weighted by Crippen LogP contribution is 2.06. The van der Waals surface area contributed by atoms with Crippen LogP contribution in [0.3, 0.4) is 0 Å². The van der Waals surface area contributed by atoms with Crippen LogP contribution in [0.25, 0.3) is 0 Å². The first-order valence-electron chi connectivity index (χ1n) is 5.10. The monoisotopic (exact) mass is 214 g/mol. The van der Waals surface area contributed by atoms with Crippen LogP contribution in [0.4, 0.5) is 0 Å². The smallest absolute Gasteiger partial charge is 0.0498 e. The molecule has 0 fully saturated rings. The fourth-order valence-electron chi connectivity index (χ4n) is 0.794. The molecule has 0 heterocycles. The van der Waals surface area contributed by atoms with Gasteiger partial charge in [0.05, 0.1) is 0 Å². The highest BCUT2D eigenvalue weighted by atomic mass is 32.2. The molecule has 0 aliphatic carbocycles. The maximum Gasteiger partial charge on any atom is 0.0498 e. The zero-order valence-electron chi connectivity index (χ0n) is 10.1. The first kappa shape index (κ1) is 15.8. The molecule has 0 N–H and O–H groups in total. The van der Waals surface area contributed by atoms with E-state index in [0.717, 1.165) is 10.5 Å². The second kappa shape index (κ2) is 10.5. The van der Waals surface area contributed by atoms with Gasteiger partial charge in [-0.2, -0.15) is 0 Å². The van der Waals surface area contributed by atoms with E-state index in [9.17, 15) is 4.21 Å². The Kier molecular flexibility index (Phi) is 11.8. The van der Waals surface area contributed by atoms with Crippen molar-refractivity contribution in [1.82, 2.24) is 0 Å². The fourth-order valence-corrected chi connectivity index (χ4v) is 1.42. The third kappa shape index (κ3) is 6.84. The number of aryl methyl sites for hydroxylation is 1. The van der Waals surface area contributed by atoms with Gasteiger partial charge in [-0.15, -0.1) is 0 Å². The van der Waals surface area contributed by atoms with Gasteiger partial charge in [0.25, 0.3) is 0 Å². The summed E-state index contributed by atoms with van der Waals surface area (Å²) in [5.74, 6) is 0. The van der Waals surface area contributed by atoms with Crippen molar-refractivity contribution in [3.05, 3.63) is 29.8 Å². The predicted molar refractivity (Wildman–Crippen MR) is 66.2 cm³/mol. The van der Waals surface area contributed by atoms with Crippen molar-refractivity contribution in [3.63, 3.8) is 0 Å². The average Bonchev–Trinajstić information content (AvgIpc) is 2.24. The molecule has 0 radical (unpaired) electrons. The third-order valence-corrected chi connectivity index (χ3v) is 2.24. The SMILES string of the molecule is CC.CC.Cc1cccc(S(C)=O)c1. The second-order valence-corrected chi connectivity index (χ2v) is 3.65. The summed E-state index contributed by atoms with van der Waals surface area (Å²) in [6.45, 7) is 10.00. The van der Waals surface area contributed by atoms with Crippen LogP contribution in [0, 0.1) is 6.92 Å². The maximum absolute atomic E-state index is 10.9. The van der Waals surface area contributed by atoms with Gasteiger partial charge in [-0.1, -0.05) is 39.8 Å². The van der Waals surface area contributed by atoms with Gasteiger partial charge in [0.1, 0.15) is 0 Å². The summed E-state index contributed by atoms with van der Waals surface area (Å²) in [6, 6.07) is 7.74. The average molecular weight is 214 g/mol. The molecule has 1 atom stereocenters. The van der Waals surface area contributed by atoms with Gasteiger partial charge >= 0.3 is 0 Å². The van der Waals surface area contributed by atoms with Crippen LogP contribution in [-0.4, -0.2) is 10.5 Å². The Morgan fingerprint density at radius 1 is 1.07 bits per heavy atom.